The molecule has 1 heterocycles. The highest BCUT2D eigenvalue weighted by Crippen LogP contribution is 2.36. The van der Waals surface area contributed by atoms with Crippen molar-refractivity contribution < 1.29 is 28.5 Å². The number of esters is 1. The van der Waals surface area contributed by atoms with Crippen LogP contribution >= 0.6 is 0 Å². The Labute approximate surface area is 248 Å². The molecule has 41 heavy (non-hydrogen) atoms. The van der Waals surface area contributed by atoms with Gasteiger partial charge in [-0.05, 0) is 59.9 Å². The van der Waals surface area contributed by atoms with Crippen molar-refractivity contribution in [2.75, 3.05) is 19.8 Å². The van der Waals surface area contributed by atoms with Gasteiger partial charge >= 0.3 is 5.97 Å². The van der Waals surface area contributed by atoms with Crippen LogP contribution in [-0.2, 0) is 23.4 Å². The maximum absolute atomic E-state index is 11.2. The molecule has 6 nitrogen and oxygen atoms in total. The molecule has 1 aliphatic heterocycles. The summed E-state index contributed by atoms with van der Waals surface area (Å²) in [6, 6.07) is 21.3. The van der Waals surface area contributed by atoms with Crippen molar-refractivity contribution >= 4 is 24.7 Å². The third-order valence-corrected chi connectivity index (χ3v) is 12.7. The van der Waals surface area contributed by atoms with E-state index in [4.69, 9.17) is 18.6 Å². The highest BCUT2D eigenvalue weighted by atomic mass is 28.4. The predicted octanol–water partition coefficient (Wildman–Crippen LogP) is 5.76. The second-order valence-electron chi connectivity index (χ2n) is 12.2. The smallest absolute Gasteiger partial charge is 0.302 e. The molecule has 1 aliphatic rings. The lowest BCUT2D eigenvalue weighted by Crippen LogP contribution is -2.66. The normalized spacial score (nSPS) is 18.6. The largest absolute Gasteiger partial charge is 0.466 e. The number of ether oxygens (including phenoxy) is 3. The van der Waals surface area contributed by atoms with Gasteiger partial charge in [0.05, 0.1) is 18.8 Å². The summed E-state index contributed by atoms with van der Waals surface area (Å²) < 4.78 is 24.1. The maximum atomic E-state index is 11.2. The van der Waals surface area contributed by atoms with E-state index in [0.29, 0.717) is 26.2 Å². The van der Waals surface area contributed by atoms with Gasteiger partial charge in [-0.3, -0.25) is 4.79 Å². The molecular formula is C34H50O6Si. The first-order valence-corrected chi connectivity index (χ1v) is 17.0. The quantitative estimate of drug-likeness (QED) is 0.125. The zero-order valence-corrected chi connectivity index (χ0v) is 26.6. The number of hydrogen-bond acceptors (Lipinski definition) is 6. The summed E-state index contributed by atoms with van der Waals surface area (Å²) in [5, 5.41) is 13.5. The minimum Gasteiger partial charge on any atom is -0.466 e. The first-order chi connectivity index (χ1) is 19.6. The lowest BCUT2D eigenvalue weighted by atomic mass is 9.99. The van der Waals surface area contributed by atoms with Crippen LogP contribution in [-0.4, -0.2) is 57.7 Å². The summed E-state index contributed by atoms with van der Waals surface area (Å²) in [5.41, 5.74) is 0. The highest BCUT2D eigenvalue weighted by molar-refractivity contribution is 6.99. The minimum absolute atomic E-state index is 0.0513. The average Bonchev–Trinajstić information content (AvgIpc) is 2.96. The Morgan fingerprint density at radius 2 is 1.71 bits per heavy atom. The number of hydrogen-bond donors (Lipinski definition) is 1. The Kier molecular flexibility index (Phi) is 13.3. The van der Waals surface area contributed by atoms with Gasteiger partial charge in [0.2, 0.25) is 0 Å². The standard InChI is InChI=1S/C34H50O6Si/c1-27(26-38-28(2)35)25-32(40-33-22-14-16-23-37-33)31(36)21-13-8-15-24-39-41(34(3,4)5,29-17-9-6-10-18-29)30-19-11-7-12-20-30/h6-7,9-13,17-21,27,31-33,36H,8,14-16,22-26H2,1-5H3/b21-13+/t27-,31+,32+,33?/m0/s1. The van der Waals surface area contributed by atoms with Gasteiger partial charge in [-0.25, -0.2) is 0 Å². The lowest BCUT2D eigenvalue weighted by Gasteiger charge is -2.43. The molecule has 4 atom stereocenters. The number of unbranched alkanes of at least 4 members (excludes halogenated alkanes) is 1. The van der Waals surface area contributed by atoms with Gasteiger partial charge in [0.25, 0.3) is 8.32 Å². The number of aliphatic hydroxyl groups is 1. The highest BCUT2D eigenvalue weighted by Gasteiger charge is 2.49. The molecule has 3 rings (SSSR count). The van der Waals surface area contributed by atoms with E-state index in [0.717, 1.165) is 32.1 Å². The van der Waals surface area contributed by atoms with E-state index in [-0.39, 0.29) is 23.2 Å². The fourth-order valence-electron chi connectivity index (χ4n) is 5.56. The molecule has 0 aliphatic carbocycles. The van der Waals surface area contributed by atoms with Gasteiger partial charge in [-0.15, -0.1) is 0 Å². The van der Waals surface area contributed by atoms with Crippen molar-refractivity contribution in [2.45, 2.75) is 96.7 Å². The number of rotatable bonds is 15. The van der Waals surface area contributed by atoms with Gasteiger partial charge in [0, 0.05) is 20.1 Å². The van der Waals surface area contributed by atoms with Crippen molar-refractivity contribution in [2.24, 2.45) is 5.92 Å². The predicted molar refractivity (Wildman–Crippen MR) is 167 cm³/mol. The molecule has 7 heteroatoms. The number of allylic oxidation sites excluding steroid dienone is 1. The van der Waals surface area contributed by atoms with Crippen molar-refractivity contribution in [3.63, 3.8) is 0 Å². The van der Waals surface area contributed by atoms with Crippen LogP contribution in [0.4, 0.5) is 0 Å². The van der Waals surface area contributed by atoms with Crippen molar-refractivity contribution in [3.05, 3.63) is 72.8 Å². The number of benzene rings is 2. The van der Waals surface area contributed by atoms with E-state index in [2.05, 4.69) is 81.4 Å². The van der Waals surface area contributed by atoms with Gasteiger partial charge in [-0.2, -0.15) is 0 Å². The third-order valence-electron chi connectivity index (χ3n) is 7.63. The molecule has 0 radical (unpaired) electrons. The van der Waals surface area contributed by atoms with E-state index in [9.17, 15) is 9.90 Å². The molecule has 1 saturated heterocycles. The molecule has 2 aromatic rings. The molecule has 1 unspecified atom stereocenters. The zero-order valence-electron chi connectivity index (χ0n) is 25.6. The van der Waals surface area contributed by atoms with Gasteiger partial charge < -0.3 is 23.7 Å². The average molecular weight is 583 g/mol. The van der Waals surface area contributed by atoms with Crippen LogP contribution in [0.2, 0.25) is 5.04 Å². The van der Waals surface area contributed by atoms with Gasteiger partial charge in [0.15, 0.2) is 6.29 Å². The van der Waals surface area contributed by atoms with Crippen molar-refractivity contribution in [1.82, 2.24) is 0 Å². The Balaban J connectivity index is 1.63. The minimum atomic E-state index is -2.55. The summed E-state index contributed by atoms with van der Waals surface area (Å²) in [6.45, 7) is 11.9. The maximum Gasteiger partial charge on any atom is 0.302 e. The summed E-state index contributed by atoms with van der Waals surface area (Å²) in [7, 11) is -2.55. The van der Waals surface area contributed by atoms with Crippen LogP contribution in [0.25, 0.3) is 0 Å². The monoisotopic (exact) mass is 582 g/mol. The molecular weight excluding hydrogens is 532 g/mol. The third kappa shape index (κ3) is 9.89. The fraction of sp³-hybridized carbons (Fsp3) is 0.559. The summed E-state index contributed by atoms with van der Waals surface area (Å²) in [5.74, 6) is -0.249. The Hall–Kier alpha value is -2.29. The van der Waals surface area contributed by atoms with Crippen LogP contribution in [0, 0.1) is 5.92 Å². The van der Waals surface area contributed by atoms with Crippen LogP contribution < -0.4 is 10.4 Å². The van der Waals surface area contributed by atoms with E-state index in [1.165, 1.54) is 17.3 Å². The second kappa shape index (κ2) is 16.4. The first kappa shape index (κ1) is 33.2. The Morgan fingerprint density at radius 3 is 2.24 bits per heavy atom. The molecule has 1 fully saturated rings. The molecule has 0 amide bonds. The zero-order chi connectivity index (χ0) is 29.7. The first-order valence-electron chi connectivity index (χ1n) is 15.1. The molecule has 0 saturated carbocycles. The Morgan fingerprint density at radius 1 is 1.07 bits per heavy atom. The molecule has 2 aromatic carbocycles. The van der Waals surface area contributed by atoms with Crippen LogP contribution in [0.15, 0.2) is 72.8 Å². The topological polar surface area (TPSA) is 74.2 Å². The second-order valence-corrected chi connectivity index (χ2v) is 16.5. The van der Waals surface area contributed by atoms with Crippen LogP contribution in [0.1, 0.15) is 73.1 Å². The van der Waals surface area contributed by atoms with Crippen molar-refractivity contribution in [3.8, 4) is 0 Å². The van der Waals surface area contributed by atoms with Gasteiger partial charge in [-0.1, -0.05) is 101 Å². The number of carbonyl (C=O) groups is 1. The molecule has 0 aromatic heterocycles. The molecule has 0 bridgehead atoms. The number of carbonyl (C=O) groups excluding carboxylic acids is 1. The van der Waals surface area contributed by atoms with E-state index < -0.39 is 20.5 Å². The molecule has 0 spiro atoms. The summed E-state index contributed by atoms with van der Waals surface area (Å²) in [4.78, 5) is 11.2. The lowest BCUT2D eigenvalue weighted by molar-refractivity contribution is -0.206. The fourth-order valence-corrected chi connectivity index (χ4v) is 10.2. The molecule has 226 valence electrons. The van der Waals surface area contributed by atoms with Crippen LogP contribution in [0.3, 0.4) is 0 Å². The van der Waals surface area contributed by atoms with E-state index in [1.54, 1.807) is 0 Å². The van der Waals surface area contributed by atoms with E-state index in [1.807, 2.05) is 19.1 Å². The summed E-state index contributed by atoms with van der Waals surface area (Å²) >= 11 is 0. The van der Waals surface area contributed by atoms with Gasteiger partial charge in [0.1, 0.15) is 0 Å². The summed E-state index contributed by atoms with van der Waals surface area (Å²) in [6.07, 6.45) is 7.43. The SMILES string of the molecule is CC(=O)OC[C@@H](C)C[C@@H](OC1CCCCO1)[C@H](O)/C=C/CCCO[Si](c1ccccc1)(c1ccccc1)C(C)(C)C. The number of aliphatic hydroxyl groups excluding tert-OH is 1. The van der Waals surface area contributed by atoms with E-state index >= 15 is 0 Å². The molecule has 1 N–H and O–H groups in total. The van der Waals surface area contributed by atoms with Crippen molar-refractivity contribution in [1.29, 1.82) is 0 Å². The van der Waals surface area contributed by atoms with Crippen LogP contribution in [0.5, 0.6) is 0 Å². The Bertz CT molecular complexity index is 1010.